The highest BCUT2D eigenvalue weighted by atomic mass is 16.5. The molecule has 0 heterocycles. The Morgan fingerprint density at radius 1 is 0.968 bits per heavy atom. The van der Waals surface area contributed by atoms with Gasteiger partial charge in [0.2, 0.25) is 0 Å². The lowest BCUT2D eigenvalue weighted by atomic mass is 10.1. The molecule has 8 heteroatoms. The molecular weight excluding hydrogens is 402 g/mol. The van der Waals surface area contributed by atoms with E-state index in [1.165, 1.54) is 26.0 Å². The minimum absolute atomic E-state index is 0.0782. The maximum Gasteiger partial charge on any atom is 0.305 e. The van der Waals surface area contributed by atoms with E-state index < -0.39 is 6.10 Å². The zero-order valence-electron chi connectivity index (χ0n) is 19.4. The van der Waals surface area contributed by atoms with Crippen LogP contribution >= 0.6 is 0 Å². The molecule has 0 saturated carbocycles. The number of carbonyl (C=O) groups is 4. The Labute approximate surface area is 186 Å². The summed E-state index contributed by atoms with van der Waals surface area (Å²) in [5, 5.41) is 16.7. The molecule has 0 fully saturated rings. The van der Waals surface area contributed by atoms with Gasteiger partial charge >= 0.3 is 11.9 Å². The molecule has 8 nitrogen and oxygen atoms in total. The van der Waals surface area contributed by atoms with Crippen LogP contribution in [-0.2, 0) is 28.7 Å². The van der Waals surface area contributed by atoms with Gasteiger partial charge in [-0.25, -0.2) is 0 Å². The van der Waals surface area contributed by atoms with E-state index in [-0.39, 0.29) is 17.7 Å². The van der Waals surface area contributed by atoms with E-state index in [2.05, 4.69) is 0 Å². The SMILES string of the molecule is CC#N.CCOC(=O)CCCCC(O)/C=C/C(C)=O.CCOC(=O)CCCCCC=O. The minimum atomic E-state index is -0.605. The highest BCUT2D eigenvalue weighted by Crippen LogP contribution is 2.06. The number of allylic oxidation sites excluding steroid dienone is 1. The van der Waals surface area contributed by atoms with Crippen LogP contribution in [0.25, 0.3) is 0 Å². The third-order valence-corrected chi connectivity index (χ3v) is 3.50. The molecule has 31 heavy (non-hydrogen) atoms. The standard InChI is InChI=1S/C12H20O4.C9H16O3.C2H3N/c1-3-16-12(15)7-5-4-6-11(14)9-8-10(2)13;1-2-12-9(11)7-5-3-4-6-8-10;1-2-3/h8-9,11,14H,3-7H2,1-2H3;8H,2-7H2,1H3;1H3/b9-8+;;. The van der Waals surface area contributed by atoms with Crippen molar-refractivity contribution >= 4 is 24.0 Å². The van der Waals surface area contributed by atoms with Crippen molar-refractivity contribution in [2.75, 3.05) is 13.2 Å². The highest BCUT2D eigenvalue weighted by molar-refractivity contribution is 5.87. The fourth-order valence-electron chi connectivity index (χ4n) is 2.11. The predicted molar refractivity (Wildman–Crippen MR) is 118 cm³/mol. The van der Waals surface area contributed by atoms with Gasteiger partial charge in [-0.2, -0.15) is 5.26 Å². The highest BCUT2D eigenvalue weighted by Gasteiger charge is 2.03. The van der Waals surface area contributed by atoms with Gasteiger partial charge in [0.25, 0.3) is 0 Å². The zero-order chi connectivity index (χ0) is 24.3. The van der Waals surface area contributed by atoms with Crippen LogP contribution in [-0.4, -0.2) is 48.4 Å². The summed E-state index contributed by atoms with van der Waals surface area (Å²) in [5.41, 5.74) is 0. The molecule has 0 aliphatic heterocycles. The molecule has 0 aliphatic rings. The van der Waals surface area contributed by atoms with Gasteiger partial charge in [-0.15, -0.1) is 0 Å². The summed E-state index contributed by atoms with van der Waals surface area (Å²) in [4.78, 5) is 42.2. The van der Waals surface area contributed by atoms with Gasteiger partial charge in [-0.3, -0.25) is 14.4 Å². The van der Waals surface area contributed by atoms with Crippen LogP contribution in [0.15, 0.2) is 12.2 Å². The first-order chi connectivity index (χ1) is 14.8. The molecule has 0 spiro atoms. The number of hydrogen-bond donors (Lipinski definition) is 1. The van der Waals surface area contributed by atoms with Crippen molar-refractivity contribution in [1.29, 1.82) is 5.26 Å². The summed E-state index contributed by atoms with van der Waals surface area (Å²) < 4.78 is 9.51. The number of nitrogens with zero attached hydrogens (tertiary/aromatic N) is 1. The molecule has 0 amide bonds. The quantitative estimate of drug-likeness (QED) is 0.175. The van der Waals surface area contributed by atoms with E-state index >= 15 is 0 Å². The van der Waals surface area contributed by atoms with Crippen LogP contribution in [0.2, 0.25) is 0 Å². The Hall–Kier alpha value is -2.53. The van der Waals surface area contributed by atoms with Gasteiger partial charge in [0, 0.05) is 26.2 Å². The molecule has 0 aromatic heterocycles. The average Bonchev–Trinajstić information content (AvgIpc) is 2.71. The fourth-order valence-corrected chi connectivity index (χ4v) is 2.11. The summed E-state index contributed by atoms with van der Waals surface area (Å²) in [7, 11) is 0. The third kappa shape index (κ3) is 35.3. The van der Waals surface area contributed by atoms with E-state index in [0.717, 1.165) is 32.0 Å². The van der Waals surface area contributed by atoms with E-state index in [1.807, 2.05) is 0 Å². The summed E-state index contributed by atoms with van der Waals surface area (Å²) in [6.45, 7) is 7.29. The Morgan fingerprint density at radius 2 is 1.45 bits per heavy atom. The summed E-state index contributed by atoms with van der Waals surface area (Å²) in [6, 6.07) is 1.75. The van der Waals surface area contributed by atoms with Crippen LogP contribution in [0.3, 0.4) is 0 Å². The van der Waals surface area contributed by atoms with E-state index in [4.69, 9.17) is 14.7 Å². The van der Waals surface area contributed by atoms with Crippen LogP contribution in [0, 0.1) is 11.3 Å². The summed E-state index contributed by atoms with van der Waals surface area (Å²) in [6.07, 6.45) is 9.23. The monoisotopic (exact) mass is 441 g/mol. The average molecular weight is 442 g/mol. The minimum Gasteiger partial charge on any atom is -0.466 e. The Kier molecular flexibility index (Phi) is 29.3. The van der Waals surface area contributed by atoms with Crippen molar-refractivity contribution in [1.82, 2.24) is 0 Å². The number of ketones is 1. The number of hydrogen-bond acceptors (Lipinski definition) is 8. The number of carbonyl (C=O) groups excluding carboxylic acids is 4. The number of nitriles is 1. The van der Waals surface area contributed by atoms with Crippen LogP contribution in [0.1, 0.15) is 85.5 Å². The molecule has 0 aliphatic carbocycles. The van der Waals surface area contributed by atoms with Crippen molar-refractivity contribution in [2.45, 2.75) is 91.6 Å². The molecule has 1 N–H and O–H groups in total. The molecule has 0 aromatic carbocycles. The number of esters is 2. The zero-order valence-corrected chi connectivity index (χ0v) is 19.4. The van der Waals surface area contributed by atoms with Gasteiger partial charge in [0.15, 0.2) is 5.78 Å². The summed E-state index contributed by atoms with van der Waals surface area (Å²) in [5.74, 6) is -0.412. The second-order valence-corrected chi connectivity index (χ2v) is 6.38. The Morgan fingerprint density at radius 3 is 1.87 bits per heavy atom. The van der Waals surface area contributed by atoms with Gasteiger partial charge < -0.3 is 19.4 Å². The number of aliphatic hydroxyl groups is 1. The lowest BCUT2D eigenvalue weighted by Gasteiger charge is -2.05. The normalized spacial score (nSPS) is 10.5. The molecule has 0 radical (unpaired) electrons. The molecule has 178 valence electrons. The van der Waals surface area contributed by atoms with Gasteiger partial charge in [-0.1, -0.05) is 12.5 Å². The smallest absolute Gasteiger partial charge is 0.305 e. The predicted octanol–water partition coefficient (Wildman–Crippen LogP) is 3.84. The van der Waals surface area contributed by atoms with Gasteiger partial charge in [-0.05, 0) is 59.0 Å². The van der Waals surface area contributed by atoms with Crippen molar-refractivity contribution in [3.63, 3.8) is 0 Å². The van der Waals surface area contributed by atoms with Gasteiger partial charge in [0.1, 0.15) is 6.29 Å². The molecule has 0 bridgehead atoms. The van der Waals surface area contributed by atoms with E-state index in [0.29, 0.717) is 45.3 Å². The number of rotatable bonds is 15. The second kappa shape index (κ2) is 27.5. The fraction of sp³-hybridized carbons (Fsp3) is 0.696. The molecule has 1 unspecified atom stereocenters. The van der Waals surface area contributed by atoms with Crippen molar-refractivity contribution < 1.29 is 33.8 Å². The van der Waals surface area contributed by atoms with Crippen molar-refractivity contribution in [3.05, 3.63) is 12.2 Å². The topological polar surface area (TPSA) is 131 Å². The van der Waals surface area contributed by atoms with Crippen LogP contribution in [0.4, 0.5) is 0 Å². The third-order valence-electron chi connectivity index (χ3n) is 3.50. The van der Waals surface area contributed by atoms with Crippen LogP contribution in [0.5, 0.6) is 0 Å². The molecule has 0 aromatic rings. The Balaban J connectivity index is -0.000000462. The summed E-state index contributed by atoms with van der Waals surface area (Å²) >= 11 is 0. The van der Waals surface area contributed by atoms with Crippen molar-refractivity contribution in [2.24, 2.45) is 0 Å². The van der Waals surface area contributed by atoms with Gasteiger partial charge in [0.05, 0.1) is 25.4 Å². The molecule has 0 saturated heterocycles. The maximum atomic E-state index is 11.0. The Bertz CT molecular complexity index is 539. The maximum absolute atomic E-state index is 11.0. The van der Waals surface area contributed by atoms with E-state index in [9.17, 15) is 24.3 Å². The largest absolute Gasteiger partial charge is 0.466 e. The second-order valence-electron chi connectivity index (χ2n) is 6.38. The molecular formula is C23H39NO7. The first kappa shape index (κ1) is 33.1. The number of aldehydes is 1. The molecule has 1 atom stereocenters. The molecule has 0 rings (SSSR count). The van der Waals surface area contributed by atoms with E-state index in [1.54, 1.807) is 19.9 Å². The first-order valence-corrected chi connectivity index (χ1v) is 10.7. The lowest BCUT2D eigenvalue weighted by molar-refractivity contribution is -0.144. The lowest BCUT2D eigenvalue weighted by Crippen LogP contribution is -2.05. The van der Waals surface area contributed by atoms with Crippen LogP contribution < -0.4 is 0 Å². The number of ether oxygens (including phenoxy) is 2. The first-order valence-electron chi connectivity index (χ1n) is 10.7. The van der Waals surface area contributed by atoms with Crippen molar-refractivity contribution in [3.8, 4) is 6.07 Å². The number of unbranched alkanes of at least 4 members (excludes halogenated alkanes) is 4. The number of aliphatic hydroxyl groups excluding tert-OH is 1.